The zero-order valence-corrected chi connectivity index (χ0v) is 31.3. The highest BCUT2D eigenvalue weighted by Crippen LogP contribution is 2.38. The van der Waals surface area contributed by atoms with Crippen LogP contribution < -0.4 is 0 Å². The lowest BCUT2D eigenvalue weighted by atomic mass is 9.96. The lowest BCUT2D eigenvalue weighted by Crippen LogP contribution is -1.99. The molecule has 0 spiro atoms. The van der Waals surface area contributed by atoms with Gasteiger partial charge < -0.3 is 0 Å². The predicted octanol–water partition coefficient (Wildman–Crippen LogP) is 13.3. The number of hydrogen-bond acceptors (Lipinski definition) is 5. The maximum absolute atomic E-state index is 5.38. The molecule has 5 nitrogen and oxygen atoms in total. The maximum Gasteiger partial charge on any atom is 0.160 e. The van der Waals surface area contributed by atoms with Gasteiger partial charge in [-0.25, -0.2) is 19.9 Å². The molecule has 0 saturated carbocycles. The minimum atomic E-state index is 0.632. The summed E-state index contributed by atoms with van der Waals surface area (Å²) in [6.07, 6.45) is 3.69. The summed E-state index contributed by atoms with van der Waals surface area (Å²) < 4.78 is 0. The first-order chi connectivity index (χ1) is 28.7. The fourth-order valence-electron chi connectivity index (χ4n) is 8.06. The highest BCUT2D eigenvalue weighted by atomic mass is 14.9. The van der Waals surface area contributed by atoms with Crippen molar-refractivity contribution >= 4 is 43.4 Å². The normalized spacial score (nSPS) is 11.4. The molecule has 0 fully saturated rings. The molecule has 0 N–H and O–H groups in total. The second kappa shape index (κ2) is 14.0. The van der Waals surface area contributed by atoms with Crippen molar-refractivity contribution in [2.75, 3.05) is 0 Å². The summed E-state index contributed by atoms with van der Waals surface area (Å²) >= 11 is 0. The first-order valence-electron chi connectivity index (χ1n) is 19.4. The van der Waals surface area contributed by atoms with Crippen LogP contribution in [-0.2, 0) is 0 Å². The molecule has 3 heterocycles. The summed E-state index contributed by atoms with van der Waals surface area (Å²) in [7, 11) is 0. The highest BCUT2D eigenvalue weighted by Gasteiger charge is 2.19. The number of rotatable bonds is 6. The van der Waals surface area contributed by atoms with Crippen LogP contribution in [0.4, 0.5) is 0 Å². The van der Waals surface area contributed by atoms with Crippen LogP contribution in [0.25, 0.3) is 111 Å². The monoisotopic (exact) mass is 739 g/mol. The van der Waals surface area contributed by atoms with Crippen molar-refractivity contribution in [1.29, 1.82) is 0 Å². The maximum atomic E-state index is 5.38. The molecule has 0 atom stereocenters. The van der Waals surface area contributed by atoms with Crippen molar-refractivity contribution in [1.82, 2.24) is 24.9 Å². The molecule has 0 saturated heterocycles. The van der Waals surface area contributed by atoms with Crippen molar-refractivity contribution in [3.8, 4) is 67.5 Å². The van der Waals surface area contributed by atoms with Gasteiger partial charge in [0.05, 0.1) is 22.4 Å². The molecule has 0 aliphatic rings. The van der Waals surface area contributed by atoms with Crippen LogP contribution in [0.15, 0.2) is 200 Å². The van der Waals surface area contributed by atoms with Gasteiger partial charge in [0.15, 0.2) is 11.6 Å². The number of benzene rings is 8. The van der Waals surface area contributed by atoms with Gasteiger partial charge in [-0.05, 0) is 69.4 Å². The van der Waals surface area contributed by atoms with Crippen molar-refractivity contribution < 1.29 is 0 Å². The van der Waals surface area contributed by atoms with Gasteiger partial charge >= 0.3 is 0 Å². The van der Waals surface area contributed by atoms with Crippen LogP contribution in [0.3, 0.4) is 0 Å². The third-order valence-electron chi connectivity index (χ3n) is 10.9. The Kier molecular flexibility index (Phi) is 8.07. The molecule has 8 aromatic carbocycles. The van der Waals surface area contributed by atoms with Gasteiger partial charge in [0.1, 0.15) is 0 Å². The van der Waals surface area contributed by atoms with E-state index >= 15 is 0 Å². The Balaban J connectivity index is 1.19. The fourth-order valence-corrected chi connectivity index (χ4v) is 8.06. The minimum Gasteiger partial charge on any atom is -0.264 e. The van der Waals surface area contributed by atoms with E-state index in [-0.39, 0.29) is 0 Å². The number of fused-ring (bicyclic) bond motifs is 6. The SMILES string of the molecule is c1ccc(-c2nc(-c3cc(-c4ccc(-c5cccnc5)cc4)cc(-c4nc(-c5ccccc5)c5ccc6ccccc6c5n4)c3)nc3c2ccc2ccccc23)cc1. The Morgan fingerprint density at radius 3 is 1.22 bits per heavy atom. The molecule has 11 rings (SSSR count). The van der Waals surface area contributed by atoms with Crippen LogP contribution in [0.2, 0.25) is 0 Å². The summed E-state index contributed by atoms with van der Waals surface area (Å²) in [6, 6.07) is 65.4. The zero-order valence-electron chi connectivity index (χ0n) is 31.3. The molecular formula is C53H33N5. The molecule has 11 aromatic rings. The second-order valence-electron chi connectivity index (χ2n) is 14.5. The molecule has 58 heavy (non-hydrogen) atoms. The molecule has 0 radical (unpaired) electrons. The Labute approximate surface area is 335 Å². The summed E-state index contributed by atoms with van der Waals surface area (Å²) in [5.41, 5.74) is 11.6. The molecule has 0 bridgehead atoms. The highest BCUT2D eigenvalue weighted by molar-refractivity contribution is 6.11. The topological polar surface area (TPSA) is 64.5 Å². The number of aromatic nitrogens is 5. The number of nitrogens with zero attached hydrogens (tertiary/aromatic N) is 5. The van der Waals surface area contributed by atoms with Crippen molar-refractivity contribution in [2.24, 2.45) is 0 Å². The van der Waals surface area contributed by atoms with E-state index in [1.165, 1.54) is 0 Å². The zero-order chi connectivity index (χ0) is 38.4. The average Bonchev–Trinajstić information content (AvgIpc) is 3.31. The number of pyridine rings is 1. The molecule has 0 aliphatic heterocycles. The molecular weight excluding hydrogens is 707 g/mol. The van der Waals surface area contributed by atoms with Gasteiger partial charge in [-0.3, -0.25) is 4.98 Å². The van der Waals surface area contributed by atoms with Gasteiger partial charge in [0, 0.05) is 56.2 Å². The van der Waals surface area contributed by atoms with E-state index in [0.29, 0.717) is 11.6 Å². The smallest absolute Gasteiger partial charge is 0.160 e. The van der Waals surface area contributed by atoms with Gasteiger partial charge in [-0.2, -0.15) is 0 Å². The lowest BCUT2D eigenvalue weighted by molar-refractivity contribution is 1.22. The quantitative estimate of drug-likeness (QED) is 0.159. The van der Waals surface area contributed by atoms with Crippen LogP contribution >= 0.6 is 0 Å². The van der Waals surface area contributed by atoms with Crippen molar-refractivity contribution in [2.45, 2.75) is 0 Å². The average molecular weight is 740 g/mol. The molecule has 0 unspecified atom stereocenters. The third-order valence-corrected chi connectivity index (χ3v) is 10.9. The van der Waals surface area contributed by atoms with E-state index in [0.717, 1.165) is 99.2 Å². The van der Waals surface area contributed by atoms with E-state index in [2.05, 4.69) is 175 Å². The van der Waals surface area contributed by atoms with Crippen LogP contribution in [-0.4, -0.2) is 24.9 Å². The van der Waals surface area contributed by atoms with E-state index in [1.54, 1.807) is 6.20 Å². The summed E-state index contributed by atoms with van der Waals surface area (Å²) in [5, 5.41) is 6.45. The van der Waals surface area contributed by atoms with E-state index in [1.807, 2.05) is 24.4 Å². The second-order valence-corrected chi connectivity index (χ2v) is 14.5. The summed E-state index contributed by atoms with van der Waals surface area (Å²) in [5.74, 6) is 1.26. The van der Waals surface area contributed by atoms with Crippen LogP contribution in [0.1, 0.15) is 0 Å². The van der Waals surface area contributed by atoms with E-state index < -0.39 is 0 Å². The van der Waals surface area contributed by atoms with Crippen LogP contribution in [0.5, 0.6) is 0 Å². The van der Waals surface area contributed by atoms with Crippen molar-refractivity contribution in [3.63, 3.8) is 0 Å². The first kappa shape index (κ1) is 33.4. The standard InChI is InChI=1S/C53H33N5/c1-3-14-38(15-4-1)48-46-27-25-36-12-7-9-19-44(36)50(46)57-52(55-48)42-30-41(35-23-21-34(22-24-35)40-18-11-29-54-33-40)31-43(32-42)53-56-49(39-16-5-2-6-17-39)47-28-26-37-13-8-10-20-45(37)51(47)58-53/h1-33H. The molecule has 3 aromatic heterocycles. The third kappa shape index (κ3) is 5.94. The largest absolute Gasteiger partial charge is 0.264 e. The molecule has 270 valence electrons. The van der Waals surface area contributed by atoms with E-state index in [4.69, 9.17) is 19.9 Å². The lowest BCUT2D eigenvalue weighted by Gasteiger charge is -2.15. The first-order valence-corrected chi connectivity index (χ1v) is 19.4. The minimum absolute atomic E-state index is 0.632. The summed E-state index contributed by atoms with van der Waals surface area (Å²) in [4.78, 5) is 25.8. The van der Waals surface area contributed by atoms with Crippen molar-refractivity contribution in [3.05, 3.63) is 200 Å². The van der Waals surface area contributed by atoms with Gasteiger partial charge in [-0.1, -0.05) is 152 Å². The van der Waals surface area contributed by atoms with E-state index in [9.17, 15) is 0 Å². The van der Waals surface area contributed by atoms with Gasteiger partial charge in [0.2, 0.25) is 0 Å². The summed E-state index contributed by atoms with van der Waals surface area (Å²) in [6.45, 7) is 0. The molecule has 5 heteroatoms. The predicted molar refractivity (Wildman–Crippen MR) is 238 cm³/mol. The Bertz CT molecular complexity index is 3130. The Morgan fingerprint density at radius 1 is 0.276 bits per heavy atom. The van der Waals surface area contributed by atoms with Gasteiger partial charge in [-0.15, -0.1) is 0 Å². The molecule has 0 aliphatic carbocycles. The van der Waals surface area contributed by atoms with Gasteiger partial charge in [0.25, 0.3) is 0 Å². The molecule has 0 amide bonds. The fraction of sp³-hybridized carbons (Fsp3) is 0. The van der Waals surface area contributed by atoms with Crippen LogP contribution in [0, 0.1) is 0 Å². The Morgan fingerprint density at radius 2 is 0.724 bits per heavy atom. The Hall–Kier alpha value is -7.89. The number of hydrogen-bond donors (Lipinski definition) is 0.